The fourth-order valence-corrected chi connectivity index (χ4v) is 2.03. The van der Waals surface area contributed by atoms with E-state index in [4.69, 9.17) is 4.74 Å². The Balaban J connectivity index is 1.75. The van der Waals surface area contributed by atoms with Gasteiger partial charge in [-0.25, -0.2) is 9.97 Å². The van der Waals surface area contributed by atoms with Gasteiger partial charge in [0.15, 0.2) is 0 Å². The highest BCUT2D eigenvalue weighted by Crippen LogP contribution is 2.01. The second-order valence-electron chi connectivity index (χ2n) is 5.30. The summed E-state index contributed by atoms with van der Waals surface area (Å²) in [5.41, 5.74) is 0.474. The molecule has 1 saturated heterocycles. The first-order valence-electron chi connectivity index (χ1n) is 7.32. The molecule has 7 nitrogen and oxygen atoms in total. The Hall–Kier alpha value is -1.73. The molecule has 1 aliphatic rings. The number of hydrogen-bond donors (Lipinski definition) is 2. The molecule has 21 heavy (non-hydrogen) atoms. The van der Waals surface area contributed by atoms with Crippen LogP contribution in [0.4, 0.5) is 5.95 Å². The third kappa shape index (κ3) is 5.28. The molecular weight excluding hydrogens is 270 g/mol. The fourth-order valence-electron chi connectivity index (χ4n) is 2.03. The third-order valence-electron chi connectivity index (χ3n) is 3.15. The highest BCUT2D eigenvalue weighted by Gasteiger charge is 2.10. The Kier molecular flexibility index (Phi) is 5.89. The van der Waals surface area contributed by atoms with Crippen LogP contribution in [-0.2, 0) is 4.74 Å². The van der Waals surface area contributed by atoms with Gasteiger partial charge in [-0.15, -0.1) is 0 Å². The normalized spacial score (nSPS) is 16.0. The van der Waals surface area contributed by atoms with Gasteiger partial charge < -0.3 is 15.4 Å². The number of nitrogens with zero attached hydrogens (tertiary/aromatic N) is 3. The van der Waals surface area contributed by atoms with Gasteiger partial charge in [0.25, 0.3) is 5.91 Å². The molecule has 1 amide bonds. The molecule has 2 N–H and O–H groups in total. The number of amides is 1. The van der Waals surface area contributed by atoms with Crippen LogP contribution in [0.3, 0.4) is 0 Å². The lowest BCUT2D eigenvalue weighted by Gasteiger charge is -2.26. The van der Waals surface area contributed by atoms with Crippen LogP contribution < -0.4 is 10.6 Å². The summed E-state index contributed by atoms with van der Waals surface area (Å²) in [7, 11) is 0. The summed E-state index contributed by atoms with van der Waals surface area (Å²) in [6.45, 7) is 9.08. The molecule has 0 bridgehead atoms. The lowest BCUT2D eigenvalue weighted by molar-refractivity contribution is 0.0398. The number of morpholine rings is 1. The second kappa shape index (κ2) is 7.90. The van der Waals surface area contributed by atoms with E-state index in [-0.39, 0.29) is 11.9 Å². The van der Waals surface area contributed by atoms with E-state index in [0.717, 1.165) is 39.4 Å². The van der Waals surface area contributed by atoms with E-state index in [1.807, 2.05) is 13.8 Å². The highest BCUT2D eigenvalue weighted by molar-refractivity contribution is 5.93. The molecule has 0 unspecified atom stereocenters. The average Bonchev–Trinajstić information content (AvgIpc) is 2.48. The largest absolute Gasteiger partial charge is 0.379 e. The van der Waals surface area contributed by atoms with E-state index in [0.29, 0.717) is 11.5 Å². The van der Waals surface area contributed by atoms with Crippen LogP contribution in [0.5, 0.6) is 0 Å². The summed E-state index contributed by atoms with van der Waals surface area (Å²) < 4.78 is 5.30. The molecule has 0 saturated carbocycles. The van der Waals surface area contributed by atoms with Gasteiger partial charge in [-0.05, 0) is 13.8 Å². The highest BCUT2D eigenvalue weighted by atomic mass is 16.5. The molecule has 1 aromatic heterocycles. The van der Waals surface area contributed by atoms with Crippen molar-refractivity contribution in [3.63, 3.8) is 0 Å². The van der Waals surface area contributed by atoms with Crippen LogP contribution in [0, 0.1) is 0 Å². The van der Waals surface area contributed by atoms with Crippen molar-refractivity contribution >= 4 is 11.9 Å². The lowest BCUT2D eigenvalue weighted by Crippen LogP contribution is -2.39. The molecule has 0 radical (unpaired) electrons. The average molecular weight is 293 g/mol. The lowest BCUT2D eigenvalue weighted by atomic mass is 10.3. The summed E-state index contributed by atoms with van der Waals surface area (Å²) in [6.07, 6.45) is 3.09. The van der Waals surface area contributed by atoms with Crippen LogP contribution in [0.25, 0.3) is 0 Å². The number of carbonyl (C=O) groups excluding carboxylic acids is 1. The van der Waals surface area contributed by atoms with Crippen LogP contribution in [0.1, 0.15) is 24.2 Å². The number of hydrogen-bond acceptors (Lipinski definition) is 6. The zero-order valence-electron chi connectivity index (χ0n) is 12.6. The minimum absolute atomic E-state index is 0.101. The van der Waals surface area contributed by atoms with Gasteiger partial charge in [0.2, 0.25) is 5.95 Å². The minimum Gasteiger partial charge on any atom is -0.379 e. The van der Waals surface area contributed by atoms with Crippen molar-refractivity contribution in [2.45, 2.75) is 19.9 Å². The standard InChI is InChI=1S/C14H23N5O2/c1-11(2)18-13(20)12-9-16-14(17-10-12)15-3-4-19-5-7-21-8-6-19/h9-11H,3-8H2,1-2H3,(H,18,20)(H,15,16,17). The molecule has 1 aliphatic heterocycles. The maximum absolute atomic E-state index is 11.8. The number of carbonyl (C=O) groups is 1. The van der Waals surface area contributed by atoms with E-state index in [1.165, 1.54) is 0 Å². The Morgan fingerprint density at radius 2 is 2.00 bits per heavy atom. The van der Waals surface area contributed by atoms with Gasteiger partial charge in [0.1, 0.15) is 0 Å². The van der Waals surface area contributed by atoms with Crippen molar-refractivity contribution in [2.75, 3.05) is 44.7 Å². The van der Waals surface area contributed by atoms with E-state index in [2.05, 4.69) is 25.5 Å². The Labute approximate surface area is 125 Å². The zero-order chi connectivity index (χ0) is 15.1. The van der Waals surface area contributed by atoms with Crippen LogP contribution >= 0.6 is 0 Å². The molecule has 116 valence electrons. The molecular formula is C14H23N5O2. The predicted octanol–water partition coefficient (Wildman–Crippen LogP) is 0.359. The molecule has 0 atom stereocenters. The van der Waals surface area contributed by atoms with Crippen molar-refractivity contribution in [1.82, 2.24) is 20.2 Å². The number of nitrogens with one attached hydrogen (secondary N) is 2. The van der Waals surface area contributed by atoms with Crippen molar-refractivity contribution in [2.24, 2.45) is 0 Å². The first-order valence-corrected chi connectivity index (χ1v) is 7.32. The number of ether oxygens (including phenoxy) is 1. The minimum atomic E-state index is -0.148. The summed E-state index contributed by atoms with van der Waals surface area (Å²) >= 11 is 0. The Bertz CT molecular complexity index is 443. The smallest absolute Gasteiger partial charge is 0.254 e. The fraction of sp³-hybridized carbons (Fsp3) is 0.643. The summed E-state index contributed by atoms with van der Waals surface area (Å²) in [6, 6.07) is 0.101. The van der Waals surface area contributed by atoms with Gasteiger partial charge in [-0.3, -0.25) is 9.69 Å². The summed E-state index contributed by atoms with van der Waals surface area (Å²) in [4.78, 5) is 22.4. The topological polar surface area (TPSA) is 79.4 Å². The summed E-state index contributed by atoms with van der Waals surface area (Å²) in [5, 5.41) is 5.97. The first kappa shape index (κ1) is 15.7. The van der Waals surface area contributed by atoms with Gasteiger partial charge in [-0.1, -0.05) is 0 Å². The van der Waals surface area contributed by atoms with Crippen LogP contribution in [0.15, 0.2) is 12.4 Å². The number of rotatable bonds is 6. The molecule has 2 heterocycles. The second-order valence-corrected chi connectivity index (χ2v) is 5.30. The maximum atomic E-state index is 11.8. The predicted molar refractivity (Wildman–Crippen MR) is 80.4 cm³/mol. The number of aromatic nitrogens is 2. The van der Waals surface area contributed by atoms with Gasteiger partial charge >= 0.3 is 0 Å². The molecule has 1 aromatic rings. The molecule has 2 rings (SSSR count). The van der Waals surface area contributed by atoms with Crippen LogP contribution in [-0.4, -0.2) is 66.2 Å². The zero-order valence-corrected chi connectivity index (χ0v) is 12.6. The molecule has 0 spiro atoms. The van der Waals surface area contributed by atoms with Crippen molar-refractivity contribution in [1.29, 1.82) is 0 Å². The van der Waals surface area contributed by atoms with Gasteiger partial charge in [0, 0.05) is 44.6 Å². The van der Waals surface area contributed by atoms with E-state index >= 15 is 0 Å². The van der Waals surface area contributed by atoms with E-state index in [9.17, 15) is 4.79 Å². The summed E-state index contributed by atoms with van der Waals surface area (Å²) in [5.74, 6) is 0.397. The number of anilines is 1. The SMILES string of the molecule is CC(C)NC(=O)c1cnc(NCCN2CCOCC2)nc1. The molecule has 0 aliphatic carbocycles. The quantitative estimate of drug-likeness (QED) is 0.788. The molecule has 7 heteroatoms. The van der Waals surface area contributed by atoms with Crippen molar-refractivity contribution in [3.05, 3.63) is 18.0 Å². The first-order chi connectivity index (χ1) is 10.1. The Morgan fingerprint density at radius 1 is 1.33 bits per heavy atom. The third-order valence-corrected chi connectivity index (χ3v) is 3.15. The van der Waals surface area contributed by atoms with Crippen molar-refractivity contribution in [3.8, 4) is 0 Å². The van der Waals surface area contributed by atoms with Crippen LogP contribution in [0.2, 0.25) is 0 Å². The molecule has 0 aromatic carbocycles. The van der Waals surface area contributed by atoms with E-state index < -0.39 is 0 Å². The monoisotopic (exact) mass is 293 g/mol. The van der Waals surface area contributed by atoms with Gasteiger partial charge in [0.05, 0.1) is 18.8 Å². The van der Waals surface area contributed by atoms with Gasteiger partial charge in [-0.2, -0.15) is 0 Å². The van der Waals surface area contributed by atoms with E-state index in [1.54, 1.807) is 12.4 Å². The maximum Gasteiger partial charge on any atom is 0.254 e. The molecule has 1 fully saturated rings. The Morgan fingerprint density at radius 3 is 2.62 bits per heavy atom. The van der Waals surface area contributed by atoms with Crippen molar-refractivity contribution < 1.29 is 9.53 Å².